The summed E-state index contributed by atoms with van der Waals surface area (Å²) >= 11 is 0. The first kappa shape index (κ1) is 15.1. The second-order valence-corrected chi connectivity index (χ2v) is 6.41. The first-order valence-corrected chi connectivity index (χ1v) is 7.50. The molecule has 2 heteroatoms. The maximum Gasteiger partial charge on any atom is 0.0540 e. The highest BCUT2D eigenvalue weighted by molar-refractivity contribution is 5.36. The van der Waals surface area contributed by atoms with Gasteiger partial charge in [-0.05, 0) is 49.0 Å². The lowest BCUT2D eigenvalue weighted by atomic mass is 9.82. The molecule has 1 aliphatic heterocycles. The van der Waals surface area contributed by atoms with Crippen molar-refractivity contribution in [3.63, 3.8) is 0 Å². The number of hydrogen-bond donors (Lipinski definition) is 1. The van der Waals surface area contributed by atoms with E-state index in [-0.39, 0.29) is 6.61 Å². The van der Waals surface area contributed by atoms with Crippen LogP contribution >= 0.6 is 0 Å². The van der Waals surface area contributed by atoms with Crippen LogP contribution in [0, 0.1) is 17.3 Å². The molecular weight excluding hydrogens is 246 g/mol. The number of aliphatic hydroxyl groups is 1. The van der Waals surface area contributed by atoms with Gasteiger partial charge < -0.3 is 5.11 Å². The van der Waals surface area contributed by atoms with Gasteiger partial charge in [-0.25, -0.2) is 0 Å². The maximum absolute atomic E-state index is 8.70. The Labute approximate surface area is 122 Å². The minimum Gasteiger partial charge on any atom is -0.395 e. The van der Waals surface area contributed by atoms with E-state index >= 15 is 0 Å². The van der Waals surface area contributed by atoms with Crippen molar-refractivity contribution >= 4 is 0 Å². The SMILES string of the molecule is CC1(C)CCN(Cc2ccc(C#CCCO)cc2)CC1. The Morgan fingerprint density at radius 3 is 2.40 bits per heavy atom. The number of hydrogen-bond acceptors (Lipinski definition) is 2. The fourth-order valence-corrected chi connectivity index (χ4v) is 2.49. The molecule has 0 amide bonds. The monoisotopic (exact) mass is 271 g/mol. The Morgan fingerprint density at radius 2 is 1.80 bits per heavy atom. The van der Waals surface area contributed by atoms with E-state index in [2.05, 4.69) is 54.9 Å². The molecule has 0 unspecified atom stereocenters. The number of benzene rings is 1. The third kappa shape index (κ3) is 4.67. The molecule has 2 nitrogen and oxygen atoms in total. The zero-order chi connectivity index (χ0) is 14.4. The molecule has 0 radical (unpaired) electrons. The summed E-state index contributed by atoms with van der Waals surface area (Å²) in [5, 5.41) is 8.70. The van der Waals surface area contributed by atoms with Gasteiger partial charge in [-0.2, -0.15) is 0 Å². The van der Waals surface area contributed by atoms with Crippen molar-refractivity contribution in [3.8, 4) is 11.8 Å². The van der Waals surface area contributed by atoms with Gasteiger partial charge in [0.05, 0.1) is 6.61 Å². The summed E-state index contributed by atoms with van der Waals surface area (Å²) in [7, 11) is 0. The van der Waals surface area contributed by atoms with Crippen LogP contribution in [0.2, 0.25) is 0 Å². The van der Waals surface area contributed by atoms with E-state index in [1.54, 1.807) is 0 Å². The lowest BCUT2D eigenvalue weighted by Gasteiger charge is -2.36. The summed E-state index contributed by atoms with van der Waals surface area (Å²) in [5.41, 5.74) is 2.90. The van der Waals surface area contributed by atoms with Crippen molar-refractivity contribution < 1.29 is 5.11 Å². The molecule has 1 N–H and O–H groups in total. The smallest absolute Gasteiger partial charge is 0.0540 e. The van der Waals surface area contributed by atoms with Crippen LogP contribution in [-0.2, 0) is 6.54 Å². The molecule has 0 aliphatic carbocycles. The third-order valence-corrected chi connectivity index (χ3v) is 4.04. The standard InChI is InChI=1S/C18H25NO/c1-18(2)10-12-19(13-11-18)15-17-8-6-16(7-9-17)5-3-4-14-20/h6-9,20H,4,10-15H2,1-2H3. The van der Waals surface area contributed by atoms with Gasteiger partial charge >= 0.3 is 0 Å². The molecule has 20 heavy (non-hydrogen) atoms. The van der Waals surface area contributed by atoms with Crippen LogP contribution in [-0.4, -0.2) is 29.7 Å². The van der Waals surface area contributed by atoms with Crippen molar-refractivity contribution in [1.82, 2.24) is 4.90 Å². The molecule has 0 atom stereocenters. The second-order valence-electron chi connectivity index (χ2n) is 6.41. The van der Waals surface area contributed by atoms with Crippen LogP contribution in [0.15, 0.2) is 24.3 Å². The fraction of sp³-hybridized carbons (Fsp3) is 0.556. The number of nitrogens with zero attached hydrogens (tertiary/aromatic N) is 1. The van der Waals surface area contributed by atoms with Gasteiger partial charge in [-0.3, -0.25) is 4.90 Å². The highest BCUT2D eigenvalue weighted by Gasteiger charge is 2.24. The lowest BCUT2D eigenvalue weighted by molar-refractivity contribution is 0.127. The summed E-state index contributed by atoms with van der Waals surface area (Å²) in [6, 6.07) is 8.49. The minimum atomic E-state index is 0.135. The largest absolute Gasteiger partial charge is 0.395 e. The Kier molecular flexibility index (Phi) is 5.23. The van der Waals surface area contributed by atoms with Crippen molar-refractivity contribution in [3.05, 3.63) is 35.4 Å². The second kappa shape index (κ2) is 6.92. The van der Waals surface area contributed by atoms with E-state index in [0.717, 1.165) is 12.1 Å². The van der Waals surface area contributed by atoms with Crippen molar-refractivity contribution in [2.24, 2.45) is 5.41 Å². The molecule has 1 aromatic rings. The normalized spacial score (nSPS) is 18.4. The molecule has 1 aromatic carbocycles. The molecule has 1 fully saturated rings. The maximum atomic E-state index is 8.70. The van der Waals surface area contributed by atoms with Crippen molar-refractivity contribution in [2.75, 3.05) is 19.7 Å². The average Bonchev–Trinajstić information content (AvgIpc) is 2.43. The topological polar surface area (TPSA) is 23.5 Å². The quantitative estimate of drug-likeness (QED) is 0.854. The van der Waals surface area contributed by atoms with Crippen molar-refractivity contribution in [2.45, 2.75) is 39.7 Å². The fourth-order valence-electron chi connectivity index (χ4n) is 2.49. The number of piperidine rings is 1. The summed E-state index contributed by atoms with van der Waals surface area (Å²) < 4.78 is 0. The highest BCUT2D eigenvalue weighted by atomic mass is 16.2. The zero-order valence-corrected chi connectivity index (χ0v) is 12.7. The summed E-state index contributed by atoms with van der Waals surface area (Å²) in [6.45, 7) is 8.31. The summed E-state index contributed by atoms with van der Waals surface area (Å²) in [6.07, 6.45) is 3.13. The van der Waals surface area contributed by atoms with Crippen LogP contribution < -0.4 is 0 Å². The van der Waals surface area contributed by atoms with E-state index < -0.39 is 0 Å². The van der Waals surface area contributed by atoms with Crippen molar-refractivity contribution in [1.29, 1.82) is 0 Å². The molecule has 0 saturated carbocycles. The highest BCUT2D eigenvalue weighted by Crippen LogP contribution is 2.30. The third-order valence-electron chi connectivity index (χ3n) is 4.04. The number of aliphatic hydroxyl groups excluding tert-OH is 1. The van der Waals surface area contributed by atoms with Gasteiger partial charge in [0.15, 0.2) is 0 Å². The van der Waals surface area contributed by atoms with Crippen LogP contribution in [0.4, 0.5) is 0 Å². The van der Waals surface area contributed by atoms with Gasteiger partial charge in [0.1, 0.15) is 0 Å². The molecule has 0 bridgehead atoms. The van der Waals surface area contributed by atoms with E-state index in [4.69, 9.17) is 5.11 Å². The van der Waals surface area contributed by atoms with Gasteiger partial charge in [0.2, 0.25) is 0 Å². The van der Waals surface area contributed by atoms with Gasteiger partial charge in [-0.15, -0.1) is 0 Å². The Morgan fingerprint density at radius 1 is 1.15 bits per heavy atom. The molecule has 1 aliphatic rings. The van der Waals surface area contributed by atoms with Crippen LogP contribution in [0.5, 0.6) is 0 Å². The van der Waals surface area contributed by atoms with Crippen LogP contribution in [0.25, 0.3) is 0 Å². The molecule has 1 saturated heterocycles. The number of likely N-dealkylation sites (tertiary alicyclic amines) is 1. The summed E-state index contributed by atoms with van der Waals surface area (Å²) in [4.78, 5) is 2.54. The Hall–Kier alpha value is -1.30. The van der Waals surface area contributed by atoms with Crippen LogP contribution in [0.3, 0.4) is 0 Å². The van der Waals surface area contributed by atoms with E-state index in [0.29, 0.717) is 11.8 Å². The molecular formula is C18H25NO. The Bertz CT molecular complexity index is 468. The zero-order valence-electron chi connectivity index (χ0n) is 12.7. The molecule has 1 heterocycles. The first-order valence-electron chi connectivity index (χ1n) is 7.50. The predicted octanol–water partition coefficient (Wildman–Crippen LogP) is 3.04. The Balaban J connectivity index is 1.87. The van der Waals surface area contributed by atoms with E-state index in [9.17, 15) is 0 Å². The molecule has 2 rings (SSSR count). The van der Waals surface area contributed by atoms with Gasteiger partial charge in [0.25, 0.3) is 0 Å². The number of rotatable bonds is 3. The summed E-state index contributed by atoms with van der Waals surface area (Å²) in [5.74, 6) is 6.01. The van der Waals surface area contributed by atoms with E-state index in [1.807, 2.05) is 0 Å². The lowest BCUT2D eigenvalue weighted by Crippen LogP contribution is -2.36. The predicted molar refractivity (Wildman–Crippen MR) is 83.3 cm³/mol. The first-order chi connectivity index (χ1) is 9.59. The average molecular weight is 271 g/mol. The molecule has 0 aromatic heterocycles. The van der Waals surface area contributed by atoms with Gasteiger partial charge in [-0.1, -0.05) is 37.8 Å². The van der Waals surface area contributed by atoms with Crippen LogP contribution in [0.1, 0.15) is 44.2 Å². The van der Waals surface area contributed by atoms with Gasteiger partial charge in [0, 0.05) is 18.5 Å². The van der Waals surface area contributed by atoms with E-state index in [1.165, 1.54) is 31.5 Å². The molecule has 0 spiro atoms. The molecule has 108 valence electrons. The minimum absolute atomic E-state index is 0.135.